The van der Waals surface area contributed by atoms with Crippen molar-refractivity contribution >= 4 is 11.9 Å². The van der Waals surface area contributed by atoms with Gasteiger partial charge in [0.25, 0.3) is 0 Å². The molecule has 3 atom stereocenters. The molecule has 0 saturated carbocycles. The third-order valence-electron chi connectivity index (χ3n) is 4.07. The molecule has 0 aromatic carbocycles. The number of cyclic esters (lactones) is 1. The summed E-state index contributed by atoms with van der Waals surface area (Å²) in [5.74, 6) is -1.40. The minimum absolute atomic E-state index is 0.155. The molecular formula is C19H28O5. The Morgan fingerprint density at radius 1 is 1.38 bits per heavy atom. The highest BCUT2D eigenvalue weighted by Crippen LogP contribution is 2.23. The van der Waals surface area contributed by atoms with Gasteiger partial charge in [-0.25, -0.2) is 9.59 Å². The molecule has 5 heteroatoms. The van der Waals surface area contributed by atoms with Crippen LogP contribution >= 0.6 is 0 Å². The number of ether oxygens (including phenoxy) is 1. The highest BCUT2D eigenvalue weighted by molar-refractivity contribution is 5.95. The van der Waals surface area contributed by atoms with Gasteiger partial charge in [-0.3, -0.25) is 0 Å². The number of unbranched alkanes of at least 4 members (excludes halogenated alkanes) is 3. The monoisotopic (exact) mass is 336 g/mol. The van der Waals surface area contributed by atoms with Crippen molar-refractivity contribution in [3.8, 4) is 0 Å². The Morgan fingerprint density at radius 3 is 2.71 bits per heavy atom. The van der Waals surface area contributed by atoms with Crippen molar-refractivity contribution in [3.63, 3.8) is 0 Å². The number of esters is 1. The normalized spacial score (nSPS) is 20.8. The van der Waals surface area contributed by atoms with Gasteiger partial charge in [-0.2, -0.15) is 0 Å². The van der Waals surface area contributed by atoms with Crippen LogP contribution in [0.5, 0.6) is 0 Å². The van der Waals surface area contributed by atoms with Crippen LogP contribution in [0.15, 0.2) is 35.5 Å². The highest BCUT2D eigenvalue weighted by Gasteiger charge is 2.30. The number of rotatable bonds is 10. The first-order valence-corrected chi connectivity index (χ1v) is 8.55. The van der Waals surface area contributed by atoms with Crippen molar-refractivity contribution in [2.24, 2.45) is 5.92 Å². The van der Waals surface area contributed by atoms with Crippen LogP contribution in [0.1, 0.15) is 52.9 Å². The molecule has 0 radical (unpaired) electrons. The maximum atomic E-state index is 11.7. The van der Waals surface area contributed by atoms with Gasteiger partial charge in [-0.05, 0) is 37.0 Å². The molecule has 0 bridgehead atoms. The molecule has 1 rings (SSSR count). The van der Waals surface area contributed by atoms with Gasteiger partial charge in [0.2, 0.25) is 0 Å². The fourth-order valence-electron chi connectivity index (χ4n) is 2.69. The minimum atomic E-state index is -1.14. The van der Waals surface area contributed by atoms with Crippen molar-refractivity contribution in [2.75, 3.05) is 0 Å². The number of carboxylic acids is 1. The Hall–Kier alpha value is -1.88. The lowest BCUT2D eigenvalue weighted by molar-refractivity contribution is -0.142. The SMILES string of the molecule is CCCCCC[C@H](C)/C=C(\C)[C@H](O)[C@H]1C=C(/C=C/C(=O)O)C(=O)O1. The quantitative estimate of drug-likeness (QED) is 0.276. The Balaban J connectivity index is 2.61. The average molecular weight is 336 g/mol. The fourth-order valence-corrected chi connectivity index (χ4v) is 2.69. The number of hydrogen-bond acceptors (Lipinski definition) is 4. The molecule has 1 aliphatic rings. The van der Waals surface area contributed by atoms with Crippen LogP contribution in [0.25, 0.3) is 0 Å². The summed E-state index contributed by atoms with van der Waals surface area (Å²) in [4.78, 5) is 22.2. The zero-order chi connectivity index (χ0) is 18.1. The van der Waals surface area contributed by atoms with E-state index in [1.54, 1.807) is 0 Å². The number of carbonyl (C=O) groups excluding carboxylic acids is 1. The molecule has 0 saturated heterocycles. The van der Waals surface area contributed by atoms with Gasteiger partial charge in [0.05, 0.1) is 5.57 Å². The van der Waals surface area contributed by atoms with Crippen molar-refractivity contribution in [3.05, 3.63) is 35.5 Å². The smallest absolute Gasteiger partial charge is 0.338 e. The maximum Gasteiger partial charge on any atom is 0.338 e. The molecule has 5 nitrogen and oxygen atoms in total. The summed E-state index contributed by atoms with van der Waals surface area (Å²) in [6.07, 6.45) is 9.77. The van der Waals surface area contributed by atoms with Crippen LogP contribution in [0.4, 0.5) is 0 Å². The van der Waals surface area contributed by atoms with Crippen LogP contribution in [0.3, 0.4) is 0 Å². The largest absolute Gasteiger partial charge is 0.478 e. The van der Waals surface area contributed by atoms with Gasteiger partial charge >= 0.3 is 11.9 Å². The van der Waals surface area contributed by atoms with Gasteiger partial charge in [-0.1, -0.05) is 45.6 Å². The molecule has 0 unspecified atom stereocenters. The summed E-state index contributed by atoms with van der Waals surface area (Å²) in [5, 5.41) is 19.0. The second kappa shape index (κ2) is 10.1. The summed E-state index contributed by atoms with van der Waals surface area (Å²) in [6.45, 7) is 6.11. The van der Waals surface area contributed by atoms with Crippen molar-refractivity contribution in [1.29, 1.82) is 0 Å². The van der Waals surface area contributed by atoms with E-state index in [4.69, 9.17) is 9.84 Å². The van der Waals surface area contributed by atoms with Crippen LogP contribution in [-0.4, -0.2) is 34.4 Å². The molecule has 2 N–H and O–H groups in total. The van der Waals surface area contributed by atoms with E-state index in [-0.39, 0.29) is 5.57 Å². The molecular weight excluding hydrogens is 308 g/mol. The van der Waals surface area contributed by atoms with E-state index in [0.717, 1.165) is 24.5 Å². The van der Waals surface area contributed by atoms with Gasteiger partial charge in [0, 0.05) is 6.08 Å². The summed E-state index contributed by atoms with van der Waals surface area (Å²) >= 11 is 0. The van der Waals surface area contributed by atoms with Gasteiger partial charge in [-0.15, -0.1) is 0 Å². The lowest BCUT2D eigenvalue weighted by Gasteiger charge is -2.18. The number of carbonyl (C=O) groups is 2. The van der Waals surface area contributed by atoms with E-state index in [1.807, 2.05) is 13.0 Å². The first-order valence-electron chi connectivity index (χ1n) is 8.55. The summed E-state index contributed by atoms with van der Waals surface area (Å²) in [6, 6.07) is 0. The van der Waals surface area contributed by atoms with Gasteiger partial charge in [0.1, 0.15) is 6.10 Å². The number of aliphatic hydroxyl groups is 1. The molecule has 0 amide bonds. The van der Waals surface area contributed by atoms with Gasteiger partial charge in [0.15, 0.2) is 6.10 Å². The predicted octanol–water partition coefficient (Wildman–Crippen LogP) is 3.39. The lowest BCUT2D eigenvalue weighted by atomic mass is 9.96. The first kappa shape index (κ1) is 20.2. The number of aliphatic carboxylic acids is 1. The minimum Gasteiger partial charge on any atom is -0.478 e. The van der Waals surface area contributed by atoms with E-state index in [0.29, 0.717) is 5.92 Å². The molecule has 0 aliphatic carbocycles. The van der Waals surface area contributed by atoms with E-state index < -0.39 is 24.1 Å². The van der Waals surface area contributed by atoms with Crippen molar-refractivity contribution in [1.82, 2.24) is 0 Å². The second-order valence-corrected chi connectivity index (χ2v) is 6.35. The number of allylic oxidation sites excluding steroid dienone is 1. The Bertz CT molecular complexity index is 530. The lowest BCUT2D eigenvalue weighted by Crippen LogP contribution is -2.27. The zero-order valence-electron chi connectivity index (χ0n) is 14.7. The molecule has 1 heterocycles. The third-order valence-corrected chi connectivity index (χ3v) is 4.07. The number of aliphatic hydroxyl groups excluding tert-OH is 1. The van der Waals surface area contributed by atoms with E-state index in [1.165, 1.54) is 31.4 Å². The topological polar surface area (TPSA) is 83.8 Å². The Kier molecular flexibility index (Phi) is 8.47. The van der Waals surface area contributed by atoms with Crippen LogP contribution in [-0.2, 0) is 14.3 Å². The van der Waals surface area contributed by atoms with E-state index in [2.05, 4.69) is 13.8 Å². The number of carboxylic acid groups (broad SMARTS) is 1. The Labute approximate surface area is 143 Å². The molecule has 0 aromatic rings. The van der Waals surface area contributed by atoms with Crippen LogP contribution in [0, 0.1) is 5.92 Å². The van der Waals surface area contributed by atoms with Crippen LogP contribution in [0.2, 0.25) is 0 Å². The summed E-state index contributed by atoms with van der Waals surface area (Å²) in [7, 11) is 0. The third kappa shape index (κ3) is 6.71. The van der Waals surface area contributed by atoms with Crippen LogP contribution < -0.4 is 0 Å². The van der Waals surface area contributed by atoms with Gasteiger partial charge < -0.3 is 14.9 Å². The maximum absolute atomic E-state index is 11.7. The molecule has 24 heavy (non-hydrogen) atoms. The Morgan fingerprint density at radius 2 is 2.08 bits per heavy atom. The first-order chi connectivity index (χ1) is 11.3. The number of hydrogen-bond donors (Lipinski definition) is 2. The molecule has 1 aliphatic heterocycles. The van der Waals surface area contributed by atoms with E-state index in [9.17, 15) is 14.7 Å². The molecule has 0 aromatic heterocycles. The summed E-state index contributed by atoms with van der Waals surface area (Å²) < 4.78 is 5.12. The molecule has 0 spiro atoms. The highest BCUT2D eigenvalue weighted by atomic mass is 16.6. The van der Waals surface area contributed by atoms with Crippen molar-refractivity contribution in [2.45, 2.75) is 65.1 Å². The molecule has 134 valence electrons. The predicted molar refractivity (Wildman–Crippen MR) is 92.4 cm³/mol. The van der Waals surface area contributed by atoms with Crippen molar-refractivity contribution < 1.29 is 24.5 Å². The standard InChI is InChI=1S/C19H28O5/c1-4-5-6-7-8-13(2)11-14(3)18(22)16-12-15(19(23)24-16)9-10-17(20)21/h9-13,16,18,22H,4-8H2,1-3H3,(H,20,21)/b10-9+,14-11+/t13-,16+,18-/m0/s1. The fraction of sp³-hybridized carbons (Fsp3) is 0.579. The molecule has 0 fully saturated rings. The van der Waals surface area contributed by atoms with E-state index >= 15 is 0 Å². The zero-order valence-corrected chi connectivity index (χ0v) is 14.7. The average Bonchev–Trinajstić information content (AvgIpc) is 2.89. The second-order valence-electron chi connectivity index (χ2n) is 6.35. The summed E-state index contributed by atoms with van der Waals surface area (Å²) in [5.41, 5.74) is 0.914.